The lowest BCUT2D eigenvalue weighted by Crippen LogP contribution is -2.71. The molecule has 0 aromatic carbocycles. The van der Waals surface area contributed by atoms with Crippen molar-refractivity contribution in [2.75, 3.05) is 0 Å². The third kappa shape index (κ3) is 2.03. The van der Waals surface area contributed by atoms with Crippen LogP contribution in [0.15, 0.2) is 0 Å². The third-order valence-corrected chi connectivity index (χ3v) is 7.54. The highest BCUT2D eigenvalue weighted by Crippen LogP contribution is 2.74. The number of rotatable bonds is 1. The number of esters is 1. The maximum absolute atomic E-state index is 13.0. The van der Waals surface area contributed by atoms with E-state index in [1.807, 2.05) is 13.8 Å². The van der Waals surface area contributed by atoms with Gasteiger partial charge in [-0.2, -0.15) is 0 Å². The first-order valence-electron chi connectivity index (χ1n) is 9.47. The SMILES string of the molecule is CC(=O)O[C@@H]1[C@@H]2OC(C)(C)O[C@H]2C(C)(C)[C@H]2[C@@H]3[C@H](C)CC(=O)[C@H]2[C@@]31C. The molecule has 0 N–H and O–H groups in total. The van der Waals surface area contributed by atoms with Crippen LogP contribution in [0.3, 0.4) is 0 Å². The van der Waals surface area contributed by atoms with Gasteiger partial charge in [-0.05, 0) is 37.0 Å². The standard InChI is InChI=1S/C20H30O5/c1-9-8-11(22)13-14-12(9)20(13,7)17(23-10(2)21)15-16(18(14,3)4)25-19(5,6)24-15/h9,12-17H,8H2,1-7H3/t9-,12+,13-,14+,15-,16-,17-,20-/m1/s1. The van der Waals surface area contributed by atoms with E-state index >= 15 is 0 Å². The fraction of sp³-hybridized carbons (Fsp3) is 0.900. The largest absolute Gasteiger partial charge is 0.459 e. The number of carbonyl (C=O) groups is 2. The molecular formula is C20H30O5. The summed E-state index contributed by atoms with van der Waals surface area (Å²) in [6, 6.07) is 0. The molecule has 4 aliphatic carbocycles. The lowest BCUT2D eigenvalue weighted by Gasteiger charge is -2.68. The Morgan fingerprint density at radius 2 is 1.76 bits per heavy atom. The fourth-order valence-corrected chi connectivity index (χ4v) is 6.92. The number of carbonyl (C=O) groups excluding carboxylic acids is 2. The lowest BCUT2D eigenvalue weighted by atomic mass is 9.35. The molecule has 0 aromatic heterocycles. The average molecular weight is 350 g/mol. The molecule has 0 amide bonds. The summed E-state index contributed by atoms with van der Waals surface area (Å²) in [4.78, 5) is 24.9. The van der Waals surface area contributed by atoms with Gasteiger partial charge in [0.15, 0.2) is 5.79 Å². The van der Waals surface area contributed by atoms with E-state index in [2.05, 4.69) is 27.7 Å². The quantitative estimate of drug-likeness (QED) is 0.681. The monoisotopic (exact) mass is 350 g/mol. The van der Waals surface area contributed by atoms with E-state index in [1.54, 1.807) is 0 Å². The number of hydrogen-bond donors (Lipinski definition) is 0. The second kappa shape index (κ2) is 4.86. The minimum Gasteiger partial charge on any atom is -0.459 e. The van der Waals surface area contributed by atoms with Gasteiger partial charge in [-0.25, -0.2) is 0 Å². The molecule has 1 aliphatic heterocycles. The van der Waals surface area contributed by atoms with E-state index < -0.39 is 11.9 Å². The molecule has 0 unspecified atom stereocenters. The summed E-state index contributed by atoms with van der Waals surface area (Å²) in [5.41, 5.74) is -0.585. The molecule has 5 aliphatic rings. The van der Waals surface area contributed by atoms with Crippen molar-refractivity contribution in [1.82, 2.24) is 0 Å². The molecule has 140 valence electrons. The van der Waals surface area contributed by atoms with E-state index in [0.29, 0.717) is 18.1 Å². The van der Waals surface area contributed by atoms with E-state index in [0.717, 1.165) is 0 Å². The van der Waals surface area contributed by atoms with Crippen LogP contribution in [-0.2, 0) is 23.8 Å². The average Bonchev–Trinajstić information content (AvgIpc) is 2.73. The Morgan fingerprint density at radius 1 is 1.12 bits per heavy atom. The molecule has 0 spiro atoms. The fourth-order valence-electron chi connectivity index (χ4n) is 6.92. The van der Waals surface area contributed by atoms with E-state index in [9.17, 15) is 9.59 Å². The zero-order valence-corrected chi connectivity index (χ0v) is 16.3. The van der Waals surface area contributed by atoms with Crippen molar-refractivity contribution in [2.45, 2.75) is 79.0 Å². The van der Waals surface area contributed by atoms with Gasteiger partial charge >= 0.3 is 5.97 Å². The van der Waals surface area contributed by atoms with Crippen LogP contribution in [0.5, 0.6) is 0 Å². The predicted molar refractivity (Wildman–Crippen MR) is 90.5 cm³/mol. The van der Waals surface area contributed by atoms with Crippen LogP contribution in [0.1, 0.15) is 54.9 Å². The predicted octanol–water partition coefficient (Wildman–Crippen LogP) is 2.96. The van der Waals surface area contributed by atoms with Gasteiger partial charge in [0.1, 0.15) is 18.0 Å². The molecule has 5 rings (SSSR count). The molecular weight excluding hydrogens is 320 g/mol. The summed E-state index contributed by atoms with van der Waals surface area (Å²) in [6.07, 6.45) is -0.345. The topological polar surface area (TPSA) is 61.8 Å². The van der Waals surface area contributed by atoms with Gasteiger partial charge in [-0.15, -0.1) is 0 Å². The van der Waals surface area contributed by atoms with E-state index in [4.69, 9.17) is 14.2 Å². The number of Topliss-reactive ketones (excluding diaryl/α,β-unsaturated/α-hetero) is 1. The highest BCUT2D eigenvalue weighted by atomic mass is 16.8. The molecule has 4 bridgehead atoms. The van der Waals surface area contributed by atoms with Crippen LogP contribution in [0.4, 0.5) is 0 Å². The molecule has 25 heavy (non-hydrogen) atoms. The minimum absolute atomic E-state index is 0.0750. The molecule has 1 saturated heterocycles. The van der Waals surface area contributed by atoms with Crippen LogP contribution >= 0.6 is 0 Å². The Labute approximate surface area is 149 Å². The molecule has 5 nitrogen and oxygen atoms in total. The first-order valence-corrected chi connectivity index (χ1v) is 9.47. The van der Waals surface area contributed by atoms with Crippen LogP contribution in [0.25, 0.3) is 0 Å². The van der Waals surface area contributed by atoms with Crippen LogP contribution < -0.4 is 0 Å². The maximum atomic E-state index is 13.0. The van der Waals surface area contributed by atoms with Crippen LogP contribution in [0.2, 0.25) is 0 Å². The summed E-state index contributed by atoms with van der Waals surface area (Å²) in [5, 5.41) is 0. The molecule has 0 radical (unpaired) electrons. The van der Waals surface area contributed by atoms with E-state index in [-0.39, 0.29) is 46.8 Å². The Hall–Kier alpha value is -0.940. The Bertz CT molecular complexity index is 638. The Morgan fingerprint density at radius 3 is 2.32 bits per heavy atom. The van der Waals surface area contributed by atoms with Crippen LogP contribution in [-0.4, -0.2) is 35.9 Å². The first-order chi connectivity index (χ1) is 11.4. The lowest BCUT2D eigenvalue weighted by molar-refractivity contribution is -0.263. The first kappa shape index (κ1) is 17.5. The van der Waals surface area contributed by atoms with Crippen molar-refractivity contribution in [3.63, 3.8) is 0 Å². The van der Waals surface area contributed by atoms with Gasteiger partial charge in [0.2, 0.25) is 0 Å². The number of ether oxygens (including phenoxy) is 3. The zero-order chi connectivity index (χ0) is 18.5. The van der Waals surface area contributed by atoms with Crippen molar-refractivity contribution in [3.05, 3.63) is 0 Å². The Kier molecular flexibility index (Phi) is 3.40. The van der Waals surface area contributed by atoms with Gasteiger partial charge in [0.05, 0.1) is 6.10 Å². The van der Waals surface area contributed by atoms with Crippen LogP contribution in [0, 0.1) is 34.5 Å². The normalized spacial score (nSPS) is 52.0. The maximum Gasteiger partial charge on any atom is 0.303 e. The van der Waals surface area contributed by atoms with Crippen molar-refractivity contribution in [3.8, 4) is 0 Å². The highest BCUT2D eigenvalue weighted by molar-refractivity contribution is 5.86. The molecule has 4 saturated carbocycles. The van der Waals surface area contributed by atoms with Gasteiger partial charge in [-0.3, -0.25) is 9.59 Å². The summed E-state index contributed by atoms with van der Waals surface area (Å²) >= 11 is 0. The van der Waals surface area contributed by atoms with Gasteiger partial charge in [-0.1, -0.05) is 27.7 Å². The smallest absolute Gasteiger partial charge is 0.303 e. The molecule has 0 aromatic rings. The Balaban J connectivity index is 1.87. The molecule has 5 fully saturated rings. The third-order valence-electron chi connectivity index (χ3n) is 7.54. The van der Waals surface area contributed by atoms with E-state index in [1.165, 1.54) is 6.92 Å². The van der Waals surface area contributed by atoms with Gasteiger partial charge in [0, 0.05) is 24.7 Å². The van der Waals surface area contributed by atoms with Crippen molar-refractivity contribution >= 4 is 11.8 Å². The number of ketones is 1. The van der Waals surface area contributed by atoms with Gasteiger partial charge < -0.3 is 14.2 Å². The molecule has 5 heteroatoms. The molecule has 1 heterocycles. The second-order valence-electron chi connectivity index (χ2n) is 9.92. The van der Waals surface area contributed by atoms with Crippen molar-refractivity contribution in [1.29, 1.82) is 0 Å². The minimum atomic E-state index is -0.712. The zero-order valence-electron chi connectivity index (χ0n) is 16.3. The second-order valence-corrected chi connectivity index (χ2v) is 9.92. The summed E-state index contributed by atoms with van der Waals surface area (Å²) in [6.45, 7) is 13.9. The summed E-state index contributed by atoms with van der Waals surface area (Å²) in [7, 11) is 0. The molecule has 8 atom stereocenters. The van der Waals surface area contributed by atoms with Crippen molar-refractivity contribution < 1.29 is 23.8 Å². The summed E-state index contributed by atoms with van der Waals surface area (Å²) < 4.78 is 18.4. The van der Waals surface area contributed by atoms with Crippen molar-refractivity contribution in [2.24, 2.45) is 34.5 Å². The summed E-state index contributed by atoms with van der Waals surface area (Å²) in [5.74, 6) is 0.0857. The van der Waals surface area contributed by atoms with Gasteiger partial charge in [0.25, 0.3) is 0 Å². The number of hydrogen-bond acceptors (Lipinski definition) is 5. The highest BCUT2D eigenvalue weighted by Gasteiger charge is 2.79.